The summed E-state index contributed by atoms with van der Waals surface area (Å²) in [5.41, 5.74) is 0.880. The van der Waals surface area contributed by atoms with Gasteiger partial charge >= 0.3 is 12.1 Å². The number of carbonyl (C=O) groups is 1. The number of ether oxygens (including phenoxy) is 2. The van der Waals surface area contributed by atoms with Crippen LogP contribution in [0.1, 0.15) is 12.8 Å². The molecule has 0 saturated carbocycles. The Morgan fingerprint density at radius 2 is 2.13 bits per heavy atom. The van der Waals surface area contributed by atoms with Gasteiger partial charge in [-0.15, -0.1) is 0 Å². The normalized spacial score (nSPS) is 17.8. The van der Waals surface area contributed by atoms with Gasteiger partial charge in [0.1, 0.15) is 6.79 Å². The molecule has 0 N–H and O–H groups in total. The molecular weight excluding hydrogens is 335 g/mol. The van der Waals surface area contributed by atoms with Crippen molar-refractivity contribution in [1.29, 1.82) is 0 Å². The van der Waals surface area contributed by atoms with Crippen molar-refractivity contribution in [3.8, 4) is 0 Å². The van der Waals surface area contributed by atoms with Crippen LogP contribution in [0.2, 0.25) is 0 Å². The van der Waals surface area contributed by atoms with Crippen LogP contribution in [0.25, 0.3) is 0 Å². The average molecular weight is 353 g/mol. The van der Waals surface area contributed by atoms with Crippen LogP contribution >= 0.6 is 12.2 Å². The number of amides is 1. The minimum absolute atomic E-state index is 0.00895. The van der Waals surface area contributed by atoms with Crippen molar-refractivity contribution in [3.05, 3.63) is 29.0 Å². The molecule has 0 spiro atoms. The van der Waals surface area contributed by atoms with Gasteiger partial charge in [-0.05, 0) is 5.57 Å². The Kier molecular flexibility index (Phi) is 7.49. The highest BCUT2D eigenvalue weighted by Gasteiger charge is 2.48. The summed E-state index contributed by atoms with van der Waals surface area (Å²) in [7, 11) is 0.677. The van der Waals surface area contributed by atoms with E-state index in [1.807, 2.05) is 18.2 Å². The summed E-state index contributed by atoms with van der Waals surface area (Å²) in [5, 5.41) is 11.5. The first-order chi connectivity index (χ1) is 10.6. The van der Waals surface area contributed by atoms with Crippen molar-refractivity contribution >= 4 is 23.0 Å². The molecule has 5 nitrogen and oxygen atoms in total. The number of quaternary nitrogens is 1. The van der Waals surface area contributed by atoms with E-state index in [9.17, 15) is 23.2 Å². The Bertz CT molecular complexity index is 501. The third-order valence-electron chi connectivity index (χ3n) is 3.06. The zero-order valence-corrected chi connectivity index (χ0v) is 13.4. The van der Waals surface area contributed by atoms with Crippen LogP contribution in [0.5, 0.6) is 0 Å². The Morgan fingerprint density at radius 1 is 1.43 bits per heavy atom. The summed E-state index contributed by atoms with van der Waals surface area (Å²) in [5.74, 6) is -2.32. The molecule has 23 heavy (non-hydrogen) atoms. The second-order valence-corrected chi connectivity index (χ2v) is 5.60. The fraction of sp³-hybridized carbons (Fsp3) is 0.571. The Morgan fingerprint density at radius 3 is 2.74 bits per heavy atom. The largest absolute Gasteiger partial charge is 0.625 e. The lowest BCUT2D eigenvalue weighted by Gasteiger charge is -2.35. The molecule has 1 unspecified atom stereocenters. The van der Waals surface area contributed by atoms with Gasteiger partial charge in [-0.3, -0.25) is 4.65 Å². The molecule has 0 bridgehead atoms. The van der Waals surface area contributed by atoms with Crippen molar-refractivity contribution in [2.75, 3.05) is 33.6 Å². The smallest absolute Gasteiger partial charge is 0.509 e. The van der Waals surface area contributed by atoms with Gasteiger partial charge in [0.2, 0.25) is 0 Å². The highest BCUT2D eigenvalue weighted by molar-refractivity contribution is 7.80. The van der Waals surface area contributed by atoms with Crippen LogP contribution in [-0.2, 0) is 14.3 Å². The number of alkyl halides is 3. The van der Waals surface area contributed by atoms with Gasteiger partial charge in [0.15, 0.2) is 0 Å². The van der Waals surface area contributed by atoms with E-state index in [1.54, 1.807) is 0 Å². The van der Waals surface area contributed by atoms with Gasteiger partial charge < -0.3 is 14.7 Å². The molecule has 0 heterocycles. The third-order valence-corrected chi connectivity index (χ3v) is 3.49. The number of carbonyl (C=O) groups excluding carboxylic acids is 1. The summed E-state index contributed by atoms with van der Waals surface area (Å²) in [6.45, 7) is -0.284. The van der Waals surface area contributed by atoms with E-state index in [2.05, 4.69) is 0 Å². The van der Waals surface area contributed by atoms with Crippen molar-refractivity contribution in [1.82, 2.24) is 0 Å². The lowest BCUT2D eigenvalue weighted by atomic mass is 10.1. The topological polar surface area (TPSA) is 58.6 Å². The van der Waals surface area contributed by atoms with Crippen LogP contribution in [0.4, 0.5) is 13.2 Å². The summed E-state index contributed by atoms with van der Waals surface area (Å²) in [6.07, 6.45) is 1.21. The average Bonchev–Trinajstić information content (AvgIpc) is 2.46. The van der Waals surface area contributed by atoms with Crippen LogP contribution in [0.3, 0.4) is 0 Å². The minimum Gasteiger partial charge on any atom is -0.625 e. The van der Waals surface area contributed by atoms with E-state index in [0.29, 0.717) is 13.5 Å². The maximum atomic E-state index is 12.2. The molecule has 0 fully saturated rings. The monoisotopic (exact) mass is 353 g/mol. The number of allylic oxidation sites excluding steroid dienone is 3. The van der Waals surface area contributed by atoms with Gasteiger partial charge in [-0.2, -0.15) is 13.2 Å². The first kappa shape index (κ1) is 19.9. The van der Waals surface area contributed by atoms with Crippen LogP contribution in [-0.4, -0.2) is 55.2 Å². The van der Waals surface area contributed by atoms with Gasteiger partial charge in [-0.25, -0.2) is 4.79 Å². The zero-order chi connectivity index (χ0) is 17.5. The van der Waals surface area contributed by atoms with E-state index in [-0.39, 0.29) is 26.4 Å². The fourth-order valence-electron chi connectivity index (χ4n) is 1.82. The first-order valence-corrected chi connectivity index (χ1v) is 7.28. The lowest BCUT2D eigenvalue weighted by Crippen LogP contribution is -2.51. The molecule has 9 heteroatoms. The summed E-state index contributed by atoms with van der Waals surface area (Å²) in [4.78, 5) is 11.7. The van der Waals surface area contributed by atoms with Crippen molar-refractivity contribution < 1.29 is 32.1 Å². The molecule has 0 aromatic rings. The van der Waals surface area contributed by atoms with E-state index in [4.69, 9.17) is 21.7 Å². The molecule has 130 valence electrons. The zero-order valence-electron chi connectivity index (χ0n) is 12.6. The van der Waals surface area contributed by atoms with Gasteiger partial charge in [0.25, 0.3) is 0 Å². The van der Waals surface area contributed by atoms with Gasteiger partial charge in [0.05, 0.1) is 26.8 Å². The molecule has 1 amide bonds. The molecular formula is C14H18F3NO4S. The Hall–Kier alpha value is -1.13. The maximum absolute atomic E-state index is 12.2. The molecule has 1 rings (SSSR count). The second-order valence-electron chi connectivity index (χ2n) is 5.10. The summed E-state index contributed by atoms with van der Waals surface area (Å²) in [6, 6.07) is 0. The Labute approximate surface area is 137 Å². The second kappa shape index (κ2) is 8.65. The molecule has 0 radical (unpaired) electrons. The van der Waals surface area contributed by atoms with Crippen molar-refractivity contribution in [2.24, 2.45) is 0 Å². The molecule has 0 saturated heterocycles. The maximum Gasteiger partial charge on any atom is 0.509 e. The summed E-state index contributed by atoms with van der Waals surface area (Å²) >= 11 is 5.14. The minimum atomic E-state index is -5.14. The lowest BCUT2D eigenvalue weighted by molar-refractivity contribution is -0.789. The fourth-order valence-corrected chi connectivity index (χ4v) is 2.04. The molecule has 1 aliphatic rings. The van der Waals surface area contributed by atoms with Crippen molar-refractivity contribution in [3.63, 3.8) is 0 Å². The quantitative estimate of drug-likeness (QED) is 0.221. The van der Waals surface area contributed by atoms with Gasteiger partial charge in [0, 0.05) is 17.7 Å². The van der Waals surface area contributed by atoms with Crippen LogP contribution in [0, 0.1) is 5.21 Å². The van der Waals surface area contributed by atoms with Gasteiger partial charge in [-0.1, -0.05) is 30.4 Å². The van der Waals surface area contributed by atoms with E-state index in [0.717, 1.165) is 10.4 Å². The number of thiocarbonyl (C=S) groups is 1. The van der Waals surface area contributed by atoms with Crippen LogP contribution in [0.15, 0.2) is 23.8 Å². The first-order valence-electron chi connectivity index (χ1n) is 6.87. The highest BCUT2D eigenvalue weighted by Crippen LogP contribution is 2.21. The predicted molar refractivity (Wildman–Crippen MR) is 81.3 cm³/mol. The highest BCUT2D eigenvalue weighted by atomic mass is 32.1. The van der Waals surface area contributed by atoms with E-state index in [1.165, 1.54) is 0 Å². The molecule has 0 aliphatic heterocycles. The molecule has 0 aromatic carbocycles. The number of hydrogen-bond donors (Lipinski definition) is 0. The summed E-state index contributed by atoms with van der Waals surface area (Å²) < 4.78 is 44.9. The number of halogens is 3. The molecule has 1 atom stereocenters. The predicted octanol–water partition coefficient (Wildman–Crippen LogP) is 2.66. The number of hydrogen-bond acceptors (Lipinski definition) is 5. The van der Waals surface area contributed by atoms with E-state index < -0.39 is 23.3 Å². The molecule has 0 aromatic heterocycles. The number of nitrogens with zero attached hydrogens (tertiary/aromatic N) is 1. The SMILES string of the molecule is C[N+]([O-])(CCCOCOCC1=CC=CCC1=S)C(=O)C(F)(F)F. The standard InChI is InChI=1S/C14H18F3NO4S/c1-18(20,13(19)14(15,16)17)7-4-8-21-10-22-9-11-5-2-3-6-12(11)23/h2-3,5H,4,6-10H2,1H3. The van der Waals surface area contributed by atoms with Crippen molar-refractivity contribution in [2.45, 2.75) is 19.0 Å². The van der Waals surface area contributed by atoms with Crippen LogP contribution < -0.4 is 0 Å². The molecule has 1 aliphatic carbocycles. The number of hydroxylamine groups is 3. The van der Waals surface area contributed by atoms with E-state index >= 15 is 0 Å². The Balaban J connectivity index is 2.16. The third kappa shape index (κ3) is 6.88. The number of rotatable bonds is 8.